The highest BCUT2D eigenvalue weighted by atomic mass is 32.2. The van der Waals surface area contributed by atoms with Crippen molar-refractivity contribution in [3.8, 4) is 0 Å². The predicted molar refractivity (Wildman–Crippen MR) is 112 cm³/mol. The molecule has 1 amide bonds. The lowest BCUT2D eigenvalue weighted by Gasteiger charge is -2.21. The van der Waals surface area contributed by atoms with E-state index in [1.165, 1.54) is 32.3 Å². The molecule has 0 saturated heterocycles. The highest BCUT2D eigenvalue weighted by molar-refractivity contribution is 7.91. The minimum atomic E-state index is -4.26. The van der Waals surface area contributed by atoms with Gasteiger partial charge in [0.1, 0.15) is 21.0 Å². The van der Waals surface area contributed by atoms with E-state index < -0.39 is 48.6 Å². The molecule has 12 heteroatoms. The van der Waals surface area contributed by atoms with E-state index >= 15 is 0 Å². The first kappa shape index (κ1) is 24.4. The van der Waals surface area contributed by atoms with Gasteiger partial charge in [0.05, 0.1) is 6.54 Å². The monoisotopic (exact) mass is 477 g/mol. The van der Waals surface area contributed by atoms with Crippen LogP contribution in [0.4, 0.5) is 4.39 Å². The lowest BCUT2D eigenvalue weighted by Crippen LogP contribution is -2.49. The zero-order valence-electron chi connectivity index (χ0n) is 16.9. The summed E-state index contributed by atoms with van der Waals surface area (Å²) in [5.74, 6) is -1.93. The van der Waals surface area contributed by atoms with Crippen LogP contribution < -0.4 is 10.0 Å². The van der Waals surface area contributed by atoms with Gasteiger partial charge in [0.2, 0.25) is 15.9 Å². The van der Waals surface area contributed by atoms with Crippen molar-refractivity contribution in [1.82, 2.24) is 14.3 Å². The van der Waals surface area contributed by atoms with Crippen LogP contribution in [0, 0.1) is 11.7 Å². The molecule has 0 fully saturated rings. The van der Waals surface area contributed by atoms with Crippen molar-refractivity contribution in [2.45, 2.75) is 35.5 Å². The van der Waals surface area contributed by atoms with Crippen LogP contribution >= 0.6 is 11.3 Å². The Morgan fingerprint density at radius 2 is 1.73 bits per heavy atom. The second kappa shape index (κ2) is 9.52. The Bertz CT molecular complexity index is 1110. The molecular weight excluding hydrogens is 453 g/mol. The largest absolute Gasteiger partial charge is 0.350 e. The zero-order chi connectivity index (χ0) is 22.7. The van der Waals surface area contributed by atoms with Crippen molar-refractivity contribution in [2.24, 2.45) is 5.92 Å². The van der Waals surface area contributed by atoms with Crippen molar-refractivity contribution >= 4 is 37.3 Å². The minimum absolute atomic E-state index is 0.0249. The predicted octanol–water partition coefficient (Wildman–Crippen LogP) is 1.76. The Hall–Kier alpha value is -1.86. The number of nitrogens with zero attached hydrogens (tertiary/aromatic N) is 1. The molecule has 1 aromatic heterocycles. The quantitative estimate of drug-likeness (QED) is 0.571. The van der Waals surface area contributed by atoms with Crippen LogP contribution in [0.25, 0.3) is 0 Å². The fourth-order valence-electron chi connectivity index (χ4n) is 2.44. The lowest BCUT2D eigenvalue weighted by molar-refractivity contribution is -0.123. The number of rotatable bonds is 9. The van der Waals surface area contributed by atoms with E-state index in [1.54, 1.807) is 19.9 Å². The molecule has 0 spiro atoms. The average molecular weight is 478 g/mol. The third kappa shape index (κ3) is 5.64. The molecule has 0 unspecified atom stereocenters. The van der Waals surface area contributed by atoms with Gasteiger partial charge in [-0.3, -0.25) is 4.79 Å². The molecular formula is C18H24FN3O5S3. The van der Waals surface area contributed by atoms with Crippen LogP contribution in [0.1, 0.15) is 18.7 Å². The van der Waals surface area contributed by atoms with Gasteiger partial charge in [-0.25, -0.2) is 25.5 Å². The van der Waals surface area contributed by atoms with Gasteiger partial charge in [0.25, 0.3) is 10.0 Å². The number of nitrogens with one attached hydrogen (secondary N) is 2. The molecule has 0 aliphatic carbocycles. The number of thiophene rings is 1. The highest BCUT2D eigenvalue weighted by Gasteiger charge is 2.30. The van der Waals surface area contributed by atoms with Gasteiger partial charge < -0.3 is 5.32 Å². The van der Waals surface area contributed by atoms with Gasteiger partial charge in [0, 0.05) is 19.0 Å². The standard InChI is InChI=1S/C18H24FN3O5S3/c1-12(2)17(21-29(24,25)15-8-6-5-7-14(15)19)18(23)20-11-13-9-10-16(28-13)30(26,27)22(3)4/h5-10,12,17,21H,11H2,1-4H3,(H,20,23)/t17-/m0/s1. The summed E-state index contributed by atoms with van der Waals surface area (Å²) >= 11 is 1.01. The Morgan fingerprint density at radius 1 is 1.10 bits per heavy atom. The first-order valence-corrected chi connectivity index (χ1v) is 12.7. The highest BCUT2D eigenvalue weighted by Crippen LogP contribution is 2.23. The van der Waals surface area contributed by atoms with E-state index in [2.05, 4.69) is 10.0 Å². The third-order valence-corrected chi connectivity index (χ3v) is 9.01. The molecule has 0 bridgehead atoms. The summed E-state index contributed by atoms with van der Waals surface area (Å²) in [6, 6.07) is 6.78. The molecule has 2 N–H and O–H groups in total. The van der Waals surface area contributed by atoms with Gasteiger partial charge in [0.15, 0.2) is 0 Å². The first-order chi connectivity index (χ1) is 13.9. The van der Waals surface area contributed by atoms with Gasteiger partial charge in [-0.05, 0) is 30.2 Å². The molecule has 0 aliphatic heterocycles. The Balaban J connectivity index is 2.12. The minimum Gasteiger partial charge on any atom is -0.350 e. The molecule has 1 heterocycles. The van der Waals surface area contributed by atoms with Crippen LogP contribution in [0.2, 0.25) is 0 Å². The van der Waals surface area contributed by atoms with E-state index in [9.17, 15) is 26.0 Å². The Kier molecular flexibility index (Phi) is 7.74. The fourth-order valence-corrected chi connectivity index (χ4v) is 6.33. The number of benzene rings is 1. The van der Waals surface area contributed by atoms with Crippen molar-refractivity contribution in [3.63, 3.8) is 0 Å². The summed E-state index contributed by atoms with van der Waals surface area (Å²) in [4.78, 5) is 12.7. The lowest BCUT2D eigenvalue weighted by atomic mass is 10.1. The van der Waals surface area contributed by atoms with Crippen LogP contribution in [-0.2, 0) is 31.4 Å². The van der Waals surface area contributed by atoms with Crippen molar-refractivity contribution in [1.29, 1.82) is 0 Å². The normalized spacial score (nSPS) is 13.6. The maximum atomic E-state index is 13.9. The van der Waals surface area contributed by atoms with E-state index in [0.29, 0.717) is 4.88 Å². The number of sulfonamides is 2. The van der Waals surface area contributed by atoms with E-state index in [4.69, 9.17) is 0 Å². The number of halogens is 1. The SMILES string of the molecule is CC(C)[C@H](NS(=O)(=O)c1ccccc1F)C(=O)NCc1ccc(S(=O)(=O)N(C)C)s1. The second-order valence-corrected chi connectivity index (χ2v) is 12.2. The number of hydrogen-bond donors (Lipinski definition) is 2. The molecule has 1 atom stereocenters. The molecule has 166 valence electrons. The van der Waals surface area contributed by atoms with Crippen molar-refractivity contribution < 1.29 is 26.0 Å². The number of hydrogen-bond acceptors (Lipinski definition) is 6. The van der Waals surface area contributed by atoms with Crippen LogP contribution in [-0.4, -0.2) is 47.2 Å². The number of amides is 1. The summed E-state index contributed by atoms with van der Waals surface area (Å²) < 4.78 is 66.7. The van der Waals surface area contributed by atoms with E-state index in [0.717, 1.165) is 27.8 Å². The topological polar surface area (TPSA) is 113 Å². The van der Waals surface area contributed by atoms with Crippen molar-refractivity contribution in [2.75, 3.05) is 14.1 Å². The average Bonchev–Trinajstić information content (AvgIpc) is 3.14. The van der Waals surface area contributed by atoms with Gasteiger partial charge in [-0.1, -0.05) is 26.0 Å². The van der Waals surface area contributed by atoms with Crippen LogP contribution in [0.15, 0.2) is 45.5 Å². The summed E-state index contributed by atoms with van der Waals surface area (Å²) in [6.45, 7) is 3.33. The molecule has 0 radical (unpaired) electrons. The molecule has 1 aromatic carbocycles. The van der Waals surface area contributed by atoms with Gasteiger partial charge in [-0.15, -0.1) is 11.3 Å². The molecule has 8 nitrogen and oxygen atoms in total. The fraction of sp³-hybridized carbons (Fsp3) is 0.389. The summed E-state index contributed by atoms with van der Waals surface area (Å²) in [5.41, 5.74) is 0. The second-order valence-electron chi connectivity index (χ2n) is 7.00. The molecule has 2 rings (SSSR count). The molecule has 0 saturated carbocycles. The van der Waals surface area contributed by atoms with Crippen LogP contribution in [0.3, 0.4) is 0 Å². The Labute approximate surface area is 180 Å². The van der Waals surface area contributed by atoms with E-state index in [-0.39, 0.29) is 10.8 Å². The first-order valence-electron chi connectivity index (χ1n) is 8.92. The van der Waals surface area contributed by atoms with Crippen molar-refractivity contribution in [3.05, 3.63) is 47.1 Å². The summed E-state index contributed by atoms with van der Waals surface area (Å²) in [5, 5.41) is 2.61. The molecule has 30 heavy (non-hydrogen) atoms. The maximum absolute atomic E-state index is 13.9. The Morgan fingerprint density at radius 3 is 2.30 bits per heavy atom. The maximum Gasteiger partial charge on any atom is 0.252 e. The molecule has 2 aromatic rings. The molecule has 0 aliphatic rings. The zero-order valence-corrected chi connectivity index (χ0v) is 19.4. The van der Waals surface area contributed by atoms with Gasteiger partial charge in [-0.2, -0.15) is 4.72 Å². The van der Waals surface area contributed by atoms with E-state index in [1.807, 2.05) is 0 Å². The third-order valence-electron chi connectivity index (χ3n) is 4.17. The summed E-state index contributed by atoms with van der Waals surface area (Å²) in [7, 11) is -4.98. The number of carbonyl (C=O) groups excluding carboxylic acids is 1. The number of carbonyl (C=O) groups is 1. The van der Waals surface area contributed by atoms with Crippen LogP contribution in [0.5, 0.6) is 0 Å². The summed E-state index contributed by atoms with van der Waals surface area (Å²) in [6.07, 6.45) is 0. The van der Waals surface area contributed by atoms with Gasteiger partial charge >= 0.3 is 0 Å². The smallest absolute Gasteiger partial charge is 0.252 e.